The molecule has 2 atom stereocenters. The summed E-state index contributed by atoms with van der Waals surface area (Å²) in [5.41, 5.74) is 0. The van der Waals surface area contributed by atoms with E-state index < -0.39 is 22.6 Å². The van der Waals surface area contributed by atoms with Crippen LogP contribution in [-0.4, -0.2) is 51.0 Å². The summed E-state index contributed by atoms with van der Waals surface area (Å²) in [6.45, 7) is -1.44. The van der Waals surface area contributed by atoms with Gasteiger partial charge in [-0.2, -0.15) is 13.2 Å². The molecular weight excluding hydrogens is 285 g/mol. The molecule has 0 radical (unpaired) electrons. The van der Waals surface area contributed by atoms with Crippen LogP contribution in [0.3, 0.4) is 0 Å². The molecule has 0 aromatic rings. The van der Waals surface area contributed by atoms with E-state index in [1.54, 1.807) is 0 Å². The number of aliphatic hydroxyl groups is 1. The summed E-state index contributed by atoms with van der Waals surface area (Å²) in [5, 5.41) is 9.23. The lowest BCUT2D eigenvalue weighted by Crippen LogP contribution is -2.21. The lowest BCUT2D eigenvalue weighted by atomic mass is 9.89. The number of aliphatic hydroxyl groups excluding tert-OH is 1. The van der Waals surface area contributed by atoms with Crippen molar-refractivity contribution in [1.82, 2.24) is 0 Å². The summed E-state index contributed by atoms with van der Waals surface area (Å²) in [5.74, 6) is -0.0511. The Balaban J connectivity index is 2.23. The van der Waals surface area contributed by atoms with Crippen LogP contribution in [0.25, 0.3) is 0 Å². The molecule has 0 aliphatic carbocycles. The van der Waals surface area contributed by atoms with Gasteiger partial charge in [0.25, 0.3) is 0 Å². The van der Waals surface area contributed by atoms with Gasteiger partial charge in [-0.15, -0.1) is 0 Å². The molecule has 114 valence electrons. The summed E-state index contributed by atoms with van der Waals surface area (Å²) >= 11 is 0. The van der Waals surface area contributed by atoms with Crippen molar-refractivity contribution in [2.24, 2.45) is 11.8 Å². The largest absolute Gasteiger partial charge is 0.411 e. The van der Waals surface area contributed by atoms with Gasteiger partial charge in [0.15, 0.2) is 9.84 Å². The third kappa shape index (κ3) is 6.58. The Kier molecular flexibility index (Phi) is 6.07. The molecular formula is C11H19F3O4S. The Labute approximate surface area is 110 Å². The highest BCUT2D eigenvalue weighted by Gasteiger charge is 2.33. The number of ether oxygens (including phenoxy) is 1. The maximum Gasteiger partial charge on any atom is 0.411 e. The molecule has 1 rings (SSSR count). The topological polar surface area (TPSA) is 63.6 Å². The monoisotopic (exact) mass is 304 g/mol. The average molecular weight is 304 g/mol. The fraction of sp³-hybridized carbons (Fsp3) is 1.00. The van der Waals surface area contributed by atoms with Crippen molar-refractivity contribution in [2.45, 2.75) is 25.4 Å². The molecule has 0 saturated carbocycles. The molecule has 0 spiro atoms. The van der Waals surface area contributed by atoms with Gasteiger partial charge in [0.1, 0.15) is 6.61 Å². The Morgan fingerprint density at radius 1 is 1.37 bits per heavy atom. The van der Waals surface area contributed by atoms with Gasteiger partial charge in [0.05, 0.1) is 11.5 Å². The van der Waals surface area contributed by atoms with Gasteiger partial charge in [0.2, 0.25) is 0 Å². The summed E-state index contributed by atoms with van der Waals surface area (Å²) in [6.07, 6.45) is -2.93. The molecule has 0 aromatic carbocycles. The molecule has 1 fully saturated rings. The molecule has 2 unspecified atom stereocenters. The van der Waals surface area contributed by atoms with Gasteiger partial charge < -0.3 is 9.84 Å². The minimum atomic E-state index is -4.32. The standard InChI is InChI=1S/C11H19F3O4S/c12-11(13,14)8-18-4-1-2-9(6-15)10-3-5-19(16,17)7-10/h9-10,15H,1-8H2. The van der Waals surface area contributed by atoms with E-state index in [2.05, 4.69) is 4.74 Å². The number of alkyl halides is 3. The highest BCUT2D eigenvalue weighted by Crippen LogP contribution is 2.28. The van der Waals surface area contributed by atoms with Crippen LogP contribution in [-0.2, 0) is 14.6 Å². The first-order chi connectivity index (χ1) is 8.73. The first kappa shape index (κ1) is 16.7. The lowest BCUT2D eigenvalue weighted by Gasteiger charge is -2.20. The summed E-state index contributed by atoms with van der Waals surface area (Å²) in [7, 11) is -3.00. The van der Waals surface area contributed by atoms with E-state index >= 15 is 0 Å². The molecule has 0 amide bonds. The van der Waals surface area contributed by atoms with Crippen LogP contribution in [0.1, 0.15) is 19.3 Å². The summed E-state index contributed by atoms with van der Waals surface area (Å²) < 4.78 is 62.5. The fourth-order valence-electron chi connectivity index (χ4n) is 2.31. The second-order valence-corrected chi connectivity index (χ2v) is 7.14. The van der Waals surface area contributed by atoms with Crippen molar-refractivity contribution in [3.8, 4) is 0 Å². The van der Waals surface area contributed by atoms with Gasteiger partial charge in [-0.3, -0.25) is 0 Å². The maximum atomic E-state index is 11.8. The number of sulfone groups is 1. The minimum Gasteiger partial charge on any atom is -0.396 e. The average Bonchev–Trinajstić information content (AvgIpc) is 2.62. The van der Waals surface area contributed by atoms with Gasteiger partial charge in [0, 0.05) is 13.2 Å². The highest BCUT2D eigenvalue weighted by atomic mass is 32.2. The molecule has 1 saturated heterocycles. The molecule has 1 aliphatic heterocycles. The van der Waals surface area contributed by atoms with Gasteiger partial charge in [-0.1, -0.05) is 0 Å². The van der Waals surface area contributed by atoms with Crippen LogP contribution in [0.5, 0.6) is 0 Å². The first-order valence-corrected chi connectivity index (χ1v) is 8.01. The Hall–Kier alpha value is -0.340. The Bertz CT molecular complexity index is 367. The molecule has 1 heterocycles. The number of rotatable bonds is 7. The van der Waals surface area contributed by atoms with Crippen LogP contribution in [0.4, 0.5) is 13.2 Å². The van der Waals surface area contributed by atoms with Crippen LogP contribution < -0.4 is 0 Å². The second-order valence-electron chi connectivity index (χ2n) is 4.92. The summed E-state index contributed by atoms with van der Waals surface area (Å²) in [4.78, 5) is 0. The fourth-order valence-corrected chi connectivity index (χ4v) is 4.23. The van der Waals surface area contributed by atoms with Crippen LogP contribution >= 0.6 is 0 Å². The van der Waals surface area contributed by atoms with Gasteiger partial charge >= 0.3 is 6.18 Å². The van der Waals surface area contributed by atoms with Crippen molar-refractivity contribution < 1.29 is 31.4 Å². The lowest BCUT2D eigenvalue weighted by molar-refractivity contribution is -0.174. The third-order valence-electron chi connectivity index (χ3n) is 3.30. The molecule has 8 heteroatoms. The van der Waals surface area contributed by atoms with E-state index in [1.807, 2.05) is 0 Å². The van der Waals surface area contributed by atoms with Crippen LogP contribution in [0.15, 0.2) is 0 Å². The predicted octanol–water partition coefficient (Wildman–Crippen LogP) is 1.39. The van der Waals surface area contributed by atoms with Crippen LogP contribution in [0, 0.1) is 11.8 Å². The molecule has 0 bridgehead atoms. The third-order valence-corrected chi connectivity index (χ3v) is 5.09. The molecule has 19 heavy (non-hydrogen) atoms. The first-order valence-electron chi connectivity index (χ1n) is 6.19. The molecule has 4 nitrogen and oxygen atoms in total. The normalized spacial score (nSPS) is 24.5. The van der Waals surface area contributed by atoms with Gasteiger partial charge in [-0.05, 0) is 31.1 Å². The predicted molar refractivity (Wildman–Crippen MR) is 63.4 cm³/mol. The van der Waals surface area contributed by atoms with Crippen LogP contribution in [0.2, 0.25) is 0 Å². The maximum absolute atomic E-state index is 11.8. The molecule has 1 N–H and O–H groups in total. The zero-order chi connectivity index (χ0) is 14.5. The smallest absolute Gasteiger partial charge is 0.396 e. The van der Waals surface area contributed by atoms with Crippen molar-refractivity contribution in [3.63, 3.8) is 0 Å². The highest BCUT2D eigenvalue weighted by molar-refractivity contribution is 7.91. The number of hydrogen-bond donors (Lipinski definition) is 1. The van der Waals surface area contributed by atoms with Gasteiger partial charge in [-0.25, -0.2) is 8.42 Å². The number of hydrogen-bond acceptors (Lipinski definition) is 4. The van der Waals surface area contributed by atoms with E-state index in [9.17, 15) is 26.7 Å². The second kappa shape index (κ2) is 6.90. The van der Waals surface area contributed by atoms with E-state index in [-0.39, 0.29) is 36.6 Å². The Morgan fingerprint density at radius 3 is 2.53 bits per heavy atom. The van der Waals surface area contributed by atoms with E-state index in [0.717, 1.165) is 0 Å². The van der Waals surface area contributed by atoms with Crippen molar-refractivity contribution in [2.75, 3.05) is 31.3 Å². The SMILES string of the molecule is O=S1(=O)CCC(C(CO)CCCOCC(F)(F)F)C1. The van der Waals surface area contributed by atoms with E-state index in [4.69, 9.17) is 0 Å². The summed E-state index contributed by atoms with van der Waals surface area (Å²) in [6, 6.07) is 0. The molecule has 0 aromatic heterocycles. The van der Waals surface area contributed by atoms with Crippen molar-refractivity contribution in [3.05, 3.63) is 0 Å². The van der Waals surface area contributed by atoms with Crippen molar-refractivity contribution >= 4 is 9.84 Å². The number of halogens is 3. The van der Waals surface area contributed by atoms with Crippen molar-refractivity contribution in [1.29, 1.82) is 0 Å². The zero-order valence-electron chi connectivity index (χ0n) is 10.5. The zero-order valence-corrected chi connectivity index (χ0v) is 11.3. The minimum absolute atomic E-state index is 0.0323. The quantitative estimate of drug-likeness (QED) is 0.722. The van der Waals surface area contributed by atoms with E-state index in [0.29, 0.717) is 19.3 Å². The molecule has 1 aliphatic rings. The Morgan fingerprint density at radius 2 is 2.05 bits per heavy atom. The van der Waals surface area contributed by atoms with E-state index in [1.165, 1.54) is 0 Å².